The van der Waals surface area contributed by atoms with Crippen molar-refractivity contribution in [3.05, 3.63) is 163 Å². The van der Waals surface area contributed by atoms with Crippen molar-refractivity contribution in [2.75, 3.05) is 10.1 Å². The molecule has 240 valence electrons. The number of rotatable bonds is 10. The maximum atomic E-state index is 13.7. The molecular weight excluding hydrogens is 675 g/mol. The predicted molar refractivity (Wildman–Crippen MR) is 188 cm³/mol. The van der Waals surface area contributed by atoms with Gasteiger partial charge in [0, 0.05) is 24.4 Å². The molecule has 1 heterocycles. The lowest BCUT2D eigenvalue weighted by Gasteiger charge is -2.18. The first-order valence-electron chi connectivity index (χ1n) is 14.3. The average molecular weight is 700 g/mol. The van der Waals surface area contributed by atoms with Crippen molar-refractivity contribution in [3.63, 3.8) is 0 Å². The van der Waals surface area contributed by atoms with Crippen LogP contribution in [0.3, 0.4) is 0 Å². The Labute approximate surface area is 284 Å². The number of halogens is 2. The highest BCUT2D eigenvalue weighted by atomic mass is 35.5. The average Bonchev–Trinajstić information content (AvgIpc) is 3.08. The standard InChI is InChI=1S/C34H24Cl2N6O5S/c35-27-11-7-12-28(36)33(27)39-29-13-4-1-8-22(29)20-32-38-30-14-5-3-10-26(30)34(43)41(32)40-48(46,47)25-18-16-24(17-19-25)37-21-23-9-2-6-15-31(23)42(44)45/h1-19,21,39-40H,20H2. The molecule has 48 heavy (non-hydrogen) atoms. The summed E-state index contributed by atoms with van der Waals surface area (Å²) in [7, 11) is -4.31. The van der Waals surface area contributed by atoms with Gasteiger partial charge in [0.1, 0.15) is 5.82 Å². The van der Waals surface area contributed by atoms with Crippen LogP contribution in [0.4, 0.5) is 22.7 Å². The van der Waals surface area contributed by atoms with Crippen molar-refractivity contribution in [1.29, 1.82) is 0 Å². The zero-order chi connectivity index (χ0) is 33.8. The number of nitro benzene ring substituents is 1. The van der Waals surface area contributed by atoms with E-state index in [1.54, 1.807) is 60.7 Å². The van der Waals surface area contributed by atoms with E-state index >= 15 is 0 Å². The van der Waals surface area contributed by atoms with Crippen LogP contribution in [0.25, 0.3) is 10.9 Å². The summed E-state index contributed by atoms with van der Waals surface area (Å²) in [4.78, 5) is 35.7. The first kappa shape index (κ1) is 32.4. The molecule has 0 radical (unpaired) electrons. The molecule has 14 heteroatoms. The van der Waals surface area contributed by atoms with Gasteiger partial charge in [-0.2, -0.15) is 13.1 Å². The lowest BCUT2D eigenvalue weighted by Crippen LogP contribution is -2.36. The van der Waals surface area contributed by atoms with E-state index in [2.05, 4.69) is 20.1 Å². The number of para-hydroxylation sites is 4. The number of benzene rings is 5. The molecule has 6 aromatic rings. The monoisotopic (exact) mass is 698 g/mol. The van der Waals surface area contributed by atoms with Gasteiger partial charge in [-0.05, 0) is 66.2 Å². The highest BCUT2D eigenvalue weighted by Gasteiger charge is 2.21. The van der Waals surface area contributed by atoms with Crippen LogP contribution in [0.2, 0.25) is 10.0 Å². The number of sulfonamides is 1. The second kappa shape index (κ2) is 13.7. The molecule has 0 aliphatic heterocycles. The van der Waals surface area contributed by atoms with Gasteiger partial charge in [-0.1, -0.05) is 71.7 Å². The van der Waals surface area contributed by atoms with Gasteiger partial charge >= 0.3 is 0 Å². The van der Waals surface area contributed by atoms with Gasteiger partial charge in [0.25, 0.3) is 21.3 Å². The van der Waals surface area contributed by atoms with E-state index in [1.807, 2.05) is 24.3 Å². The Bertz CT molecular complexity index is 2360. The van der Waals surface area contributed by atoms with Gasteiger partial charge < -0.3 is 5.32 Å². The van der Waals surface area contributed by atoms with E-state index in [-0.39, 0.29) is 28.2 Å². The topological polar surface area (TPSA) is 149 Å². The van der Waals surface area contributed by atoms with E-state index in [1.165, 1.54) is 36.5 Å². The Morgan fingerprint density at radius 1 is 0.854 bits per heavy atom. The van der Waals surface area contributed by atoms with Crippen LogP contribution in [-0.2, 0) is 16.4 Å². The fourth-order valence-electron chi connectivity index (χ4n) is 4.90. The smallest absolute Gasteiger partial charge is 0.280 e. The highest BCUT2D eigenvalue weighted by molar-refractivity contribution is 7.92. The molecule has 5 aromatic carbocycles. The van der Waals surface area contributed by atoms with Crippen LogP contribution < -0.4 is 15.7 Å². The Morgan fingerprint density at radius 3 is 2.27 bits per heavy atom. The van der Waals surface area contributed by atoms with Gasteiger partial charge in [-0.3, -0.25) is 19.9 Å². The van der Waals surface area contributed by atoms with Gasteiger partial charge in [0.2, 0.25) is 0 Å². The zero-order valence-corrected chi connectivity index (χ0v) is 27.1. The first-order chi connectivity index (χ1) is 23.1. The molecule has 0 amide bonds. The summed E-state index contributed by atoms with van der Waals surface area (Å²) in [6.45, 7) is 0. The van der Waals surface area contributed by atoms with Gasteiger partial charge in [-0.25, -0.2) is 9.82 Å². The number of aromatic nitrogens is 2. The Hall–Kier alpha value is -5.56. The number of anilines is 2. The summed E-state index contributed by atoms with van der Waals surface area (Å²) >= 11 is 12.8. The molecule has 6 rings (SSSR count). The molecule has 0 saturated carbocycles. The van der Waals surface area contributed by atoms with E-state index < -0.39 is 20.5 Å². The van der Waals surface area contributed by atoms with E-state index in [0.29, 0.717) is 43.8 Å². The fourth-order valence-corrected chi connectivity index (χ4v) is 6.42. The van der Waals surface area contributed by atoms with Gasteiger partial charge in [0.15, 0.2) is 0 Å². The molecule has 0 atom stereocenters. The number of nitro groups is 1. The molecule has 0 bridgehead atoms. The highest BCUT2D eigenvalue weighted by Crippen LogP contribution is 2.34. The van der Waals surface area contributed by atoms with Crippen LogP contribution in [0.15, 0.2) is 130 Å². The number of fused-ring (bicyclic) bond motifs is 1. The minimum atomic E-state index is -4.31. The Morgan fingerprint density at radius 2 is 1.52 bits per heavy atom. The number of aliphatic imine (C=N–C) groups is 1. The predicted octanol–water partition coefficient (Wildman–Crippen LogP) is 7.63. The largest absolute Gasteiger partial charge is 0.353 e. The summed E-state index contributed by atoms with van der Waals surface area (Å²) in [5.41, 5.74) is 2.14. The van der Waals surface area contributed by atoms with Gasteiger partial charge in [-0.15, -0.1) is 0 Å². The third-order valence-corrected chi connectivity index (χ3v) is 9.22. The quantitative estimate of drug-likeness (QED) is 0.0849. The summed E-state index contributed by atoms with van der Waals surface area (Å²) in [5, 5.41) is 15.6. The second-order valence-electron chi connectivity index (χ2n) is 10.4. The lowest BCUT2D eigenvalue weighted by molar-refractivity contribution is -0.385. The van der Waals surface area contributed by atoms with E-state index in [0.717, 1.165) is 4.68 Å². The number of nitrogens with zero attached hydrogens (tertiary/aromatic N) is 4. The Kier molecular flexibility index (Phi) is 9.21. The summed E-state index contributed by atoms with van der Waals surface area (Å²) in [6, 6.07) is 30.7. The second-order valence-corrected chi connectivity index (χ2v) is 12.9. The normalized spacial score (nSPS) is 11.5. The Balaban J connectivity index is 1.33. The van der Waals surface area contributed by atoms with Crippen molar-refractivity contribution >= 4 is 73.1 Å². The number of nitrogens with one attached hydrogen (secondary N) is 2. The van der Waals surface area contributed by atoms with Crippen LogP contribution in [0.1, 0.15) is 17.0 Å². The van der Waals surface area contributed by atoms with Gasteiger partial charge in [0.05, 0.1) is 47.7 Å². The van der Waals surface area contributed by atoms with Crippen molar-refractivity contribution in [2.45, 2.75) is 11.3 Å². The van der Waals surface area contributed by atoms with Crippen molar-refractivity contribution in [1.82, 2.24) is 9.66 Å². The van der Waals surface area contributed by atoms with Crippen LogP contribution in [-0.4, -0.2) is 29.2 Å². The summed E-state index contributed by atoms with van der Waals surface area (Å²) in [5.74, 6) is 0.132. The van der Waals surface area contributed by atoms with Crippen LogP contribution in [0.5, 0.6) is 0 Å². The molecule has 0 unspecified atom stereocenters. The maximum Gasteiger partial charge on any atom is 0.280 e. The minimum Gasteiger partial charge on any atom is -0.353 e. The molecule has 1 aromatic heterocycles. The number of hydrogen-bond donors (Lipinski definition) is 2. The lowest BCUT2D eigenvalue weighted by atomic mass is 10.1. The van der Waals surface area contributed by atoms with E-state index in [4.69, 9.17) is 23.2 Å². The summed E-state index contributed by atoms with van der Waals surface area (Å²) < 4.78 is 28.2. The maximum absolute atomic E-state index is 13.7. The zero-order valence-electron chi connectivity index (χ0n) is 24.7. The fraction of sp³-hybridized carbons (Fsp3) is 0.0294. The molecule has 0 spiro atoms. The molecule has 0 aliphatic rings. The minimum absolute atomic E-state index is 0.0487. The van der Waals surface area contributed by atoms with Crippen LogP contribution in [0, 0.1) is 10.1 Å². The SMILES string of the molecule is O=c1c2ccccc2nc(Cc2ccccc2Nc2c(Cl)cccc2Cl)n1NS(=O)(=O)c1ccc(N=Cc2ccccc2[N+](=O)[O-])cc1. The molecule has 11 nitrogen and oxygen atoms in total. The molecule has 0 aliphatic carbocycles. The number of hydrogen-bond acceptors (Lipinski definition) is 8. The molecule has 0 fully saturated rings. The third-order valence-electron chi connectivity index (χ3n) is 7.28. The molecule has 2 N–H and O–H groups in total. The third kappa shape index (κ3) is 6.91. The first-order valence-corrected chi connectivity index (χ1v) is 16.5. The van der Waals surface area contributed by atoms with Crippen molar-refractivity contribution < 1.29 is 13.3 Å². The molecule has 0 saturated heterocycles. The molecular formula is C34H24Cl2N6O5S. The van der Waals surface area contributed by atoms with E-state index in [9.17, 15) is 23.3 Å². The summed E-state index contributed by atoms with van der Waals surface area (Å²) in [6.07, 6.45) is 1.38. The van der Waals surface area contributed by atoms with Crippen molar-refractivity contribution in [3.8, 4) is 0 Å². The van der Waals surface area contributed by atoms with Crippen molar-refractivity contribution in [2.24, 2.45) is 4.99 Å². The van der Waals surface area contributed by atoms with Crippen LogP contribution >= 0.6 is 23.2 Å².